The summed E-state index contributed by atoms with van der Waals surface area (Å²) >= 11 is 0. The molecule has 0 radical (unpaired) electrons. The Bertz CT molecular complexity index is 260. The number of hydrogen-bond acceptors (Lipinski definition) is 0. The molecule has 2 rings (SSSR count). The molecule has 0 unspecified atom stereocenters. The first-order valence-corrected chi connectivity index (χ1v) is 8.28. The van der Waals surface area contributed by atoms with Crippen LogP contribution in [-0.4, -0.2) is 17.0 Å². The molecule has 0 aromatic carbocycles. The fourth-order valence-electron chi connectivity index (χ4n) is 3.30. The molecule has 0 amide bonds. The second-order valence-electron chi connectivity index (χ2n) is 5.91. The Balaban J connectivity index is 2.18. The summed E-state index contributed by atoms with van der Waals surface area (Å²) in [7, 11) is 0.174. The van der Waals surface area contributed by atoms with Crippen molar-refractivity contribution >= 4 is 7.92 Å². The Hall–Kier alpha value is -0.0900. The van der Waals surface area contributed by atoms with Gasteiger partial charge >= 0.3 is 0 Å². The predicted octanol–water partition coefficient (Wildman–Crippen LogP) is 4.81. The molecule has 2 atom stereocenters. The van der Waals surface area contributed by atoms with Gasteiger partial charge in [-0.1, -0.05) is 59.9 Å². The Morgan fingerprint density at radius 3 is 1.69 bits per heavy atom. The fourth-order valence-corrected chi connectivity index (χ4v) is 7.55. The average Bonchev–Trinajstić information content (AvgIpc) is 2.85. The molecule has 1 aliphatic carbocycles. The molecule has 0 aromatic heterocycles. The summed E-state index contributed by atoms with van der Waals surface area (Å²) < 4.78 is 0. The van der Waals surface area contributed by atoms with Gasteiger partial charge in [-0.25, -0.2) is 0 Å². The van der Waals surface area contributed by atoms with E-state index < -0.39 is 0 Å². The third-order valence-corrected chi connectivity index (χ3v) is 8.41. The van der Waals surface area contributed by atoms with Crippen LogP contribution in [0.15, 0.2) is 24.3 Å². The highest BCUT2D eigenvalue weighted by Crippen LogP contribution is 2.64. The summed E-state index contributed by atoms with van der Waals surface area (Å²) in [6.45, 7) is 9.69. The van der Waals surface area contributed by atoms with E-state index in [1.54, 1.807) is 0 Å². The Kier molecular flexibility index (Phi) is 3.90. The molecule has 1 aliphatic heterocycles. The molecule has 1 heteroatoms. The average molecular weight is 236 g/mol. The zero-order valence-electron chi connectivity index (χ0n) is 11.1. The number of allylic oxidation sites excluding steroid dienone is 4. The summed E-state index contributed by atoms with van der Waals surface area (Å²) in [4.78, 5) is 0. The van der Waals surface area contributed by atoms with Gasteiger partial charge in [0.15, 0.2) is 0 Å². The molecule has 0 N–H and O–H groups in total. The minimum atomic E-state index is 0.174. The van der Waals surface area contributed by atoms with E-state index in [1.165, 1.54) is 12.8 Å². The van der Waals surface area contributed by atoms with Crippen LogP contribution in [0.1, 0.15) is 40.5 Å². The van der Waals surface area contributed by atoms with Gasteiger partial charge in [-0.2, -0.15) is 0 Å². The summed E-state index contributed by atoms with van der Waals surface area (Å²) in [6.07, 6.45) is 12.3. The van der Waals surface area contributed by atoms with E-state index in [-0.39, 0.29) is 7.92 Å². The zero-order chi connectivity index (χ0) is 11.7. The molecule has 0 bridgehead atoms. The standard InChI is InChI=1S/C15H25P/c1-11(2)14-9-10-15(12(3)4)16(14)13-7-5-6-8-13/h5-8,11-15H,9-10H2,1-4H3/t14-,15-/m1/s1. The van der Waals surface area contributed by atoms with Crippen LogP contribution in [0.3, 0.4) is 0 Å². The maximum absolute atomic E-state index is 2.45. The first-order valence-electron chi connectivity index (χ1n) is 6.73. The van der Waals surface area contributed by atoms with Gasteiger partial charge in [0.1, 0.15) is 0 Å². The molecule has 0 saturated carbocycles. The van der Waals surface area contributed by atoms with Crippen molar-refractivity contribution in [3.63, 3.8) is 0 Å². The van der Waals surface area contributed by atoms with Crippen molar-refractivity contribution in [1.29, 1.82) is 0 Å². The quantitative estimate of drug-likeness (QED) is 0.617. The van der Waals surface area contributed by atoms with Crippen LogP contribution >= 0.6 is 7.92 Å². The van der Waals surface area contributed by atoms with E-state index in [1.807, 2.05) is 0 Å². The molecule has 1 saturated heterocycles. The van der Waals surface area contributed by atoms with Gasteiger partial charge in [0.2, 0.25) is 0 Å². The number of rotatable bonds is 3. The number of hydrogen-bond donors (Lipinski definition) is 0. The van der Waals surface area contributed by atoms with E-state index in [0.29, 0.717) is 0 Å². The normalized spacial score (nSPS) is 31.4. The molecule has 16 heavy (non-hydrogen) atoms. The Morgan fingerprint density at radius 1 is 0.875 bits per heavy atom. The topological polar surface area (TPSA) is 0 Å². The highest BCUT2D eigenvalue weighted by atomic mass is 31.1. The van der Waals surface area contributed by atoms with Gasteiger partial charge in [0.05, 0.1) is 0 Å². The monoisotopic (exact) mass is 236 g/mol. The van der Waals surface area contributed by atoms with Gasteiger partial charge in [0, 0.05) is 5.66 Å². The molecule has 0 spiro atoms. The van der Waals surface area contributed by atoms with E-state index >= 15 is 0 Å². The van der Waals surface area contributed by atoms with Crippen LogP contribution in [0.25, 0.3) is 0 Å². The molecule has 90 valence electrons. The molecule has 2 aliphatic rings. The second kappa shape index (κ2) is 5.05. The lowest BCUT2D eigenvalue weighted by atomic mass is 10.0. The van der Waals surface area contributed by atoms with Crippen molar-refractivity contribution in [2.24, 2.45) is 11.8 Å². The lowest BCUT2D eigenvalue weighted by Crippen LogP contribution is -2.19. The molecule has 0 nitrogen and oxygen atoms in total. The Morgan fingerprint density at radius 2 is 1.31 bits per heavy atom. The van der Waals surface area contributed by atoms with Gasteiger partial charge in [0.25, 0.3) is 0 Å². The largest absolute Gasteiger partial charge is 0.0888 e. The van der Waals surface area contributed by atoms with Crippen molar-refractivity contribution < 1.29 is 0 Å². The molecule has 1 heterocycles. The van der Waals surface area contributed by atoms with Crippen LogP contribution in [0, 0.1) is 11.8 Å². The van der Waals surface area contributed by atoms with Crippen LogP contribution in [-0.2, 0) is 0 Å². The van der Waals surface area contributed by atoms with Gasteiger partial charge < -0.3 is 0 Å². The maximum Gasteiger partial charge on any atom is 0.0161 e. The first kappa shape index (κ1) is 12.4. The van der Waals surface area contributed by atoms with Crippen LogP contribution in [0.4, 0.5) is 0 Å². The van der Waals surface area contributed by atoms with E-state index in [0.717, 1.165) is 28.8 Å². The van der Waals surface area contributed by atoms with Gasteiger partial charge in [-0.15, -0.1) is 0 Å². The maximum atomic E-state index is 2.45. The van der Waals surface area contributed by atoms with Crippen molar-refractivity contribution in [3.8, 4) is 0 Å². The predicted molar refractivity (Wildman–Crippen MR) is 75.5 cm³/mol. The Labute approximate surface area is 102 Å². The van der Waals surface area contributed by atoms with Gasteiger partial charge in [-0.3, -0.25) is 0 Å². The lowest BCUT2D eigenvalue weighted by molar-refractivity contribution is 0.543. The van der Waals surface area contributed by atoms with Crippen LogP contribution < -0.4 is 0 Å². The van der Waals surface area contributed by atoms with Crippen molar-refractivity contribution in [2.75, 3.05) is 0 Å². The highest BCUT2D eigenvalue weighted by Gasteiger charge is 2.41. The second-order valence-corrected chi connectivity index (χ2v) is 8.72. The fraction of sp³-hybridized carbons (Fsp3) is 0.733. The minimum absolute atomic E-state index is 0.174. The van der Waals surface area contributed by atoms with Crippen molar-refractivity contribution in [1.82, 2.24) is 0 Å². The first-order chi connectivity index (χ1) is 7.61. The van der Waals surface area contributed by atoms with Crippen molar-refractivity contribution in [2.45, 2.75) is 57.5 Å². The molecular weight excluding hydrogens is 211 g/mol. The van der Waals surface area contributed by atoms with E-state index in [4.69, 9.17) is 0 Å². The van der Waals surface area contributed by atoms with E-state index in [2.05, 4.69) is 52.0 Å². The summed E-state index contributed by atoms with van der Waals surface area (Å²) in [5, 5.41) is 0. The van der Waals surface area contributed by atoms with Crippen LogP contribution in [0.2, 0.25) is 0 Å². The third-order valence-electron chi connectivity index (χ3n) is 4.14. The third kappa shape index (κ3) is 2.28. The molecular formula is C15H25P. The van der Waals surface area contributed by atoms with E-state index in [9.17, 15) is 0 Å². The lowest BCUT2D eigenvalue weighted by Gasteiger charge is -2.33. The SMILES string of the molecule is CC(C)[C@H]1CC[C@H](C(C)C)P1C1C=CC=C1. The summed E-state index contributed by atoms with van der Waals surface area (Å²) in [5.74, 6) is 1.74. The van der Waals surface area contributed by atoms with Gasteiger partial charge in [-0.05, 0) is 36.0 Å². The highest BCUT2D eigenvalue weighted by molar-refractivity contribution is 7.60. The summed E-state index contributed by atoms with van der Waals surface area (Å²) in [6, 6.07) is 0. The molecule has 1 fully saturated rings. The zero-order valence-corrected chi connectivity index (χ0v) is 12.0. The van der Waals surface area contributed by atoms with Crippen molar-refractivity contribution in [3.05, 3.63) is 24.3 Å². The smallest absolute Gasteiger partial charge is 0.0161 e. The molecule has 0 aromatic rings. The summed E-state index contributed by atoms with van der Waals surface area (Å²) in [5.41, 5.74) is 2.79. The minimum Gasteiger partial charge on any atom is -0.0888 e. The van der Waals surface area contributed by atoms with Crippen LogP contribution in [0.5, 0.6) is 0 Å².